The van der Waals surface area contributed by atoms with Gasteiger partial charge in [-0.2, -0.15) is 0 Å². The summed E-state index contributed by atoms with van der Waals surface area (Å²) in [5.74, 6) is 0.926. The molecule has 4 aliphatic rings. The normalized spacial score (nSPS) is 25.2. The van der Waals surface area contributed by atoms with Crippen LogP contribution in [0.25, 0.3) is 10.9 Å². The summed E-state index contributed by atoms with van der Waals surface area (Å²) in [4.78, 5) is 28.4. The van der Waals surface area contributed by atoms with Gasteiger partial charge in [-0.25, -0.2) is 4.98 Å². The number of carbonyl (C=O) groups excluding carboxylic acids is 1. The molecule has 8 nitrogen and oxygen atoms in total. The Morgan fingerprint density at radius 3 is 2.77 bits per heavy atom. The Morgan fingerprint density at radius 2 is 1.97 bits per heavy atom. The van der Waals surface area contributed by atoms with Gasteiger partial charge in [-0.05, 0) is 68.9 Å². The summed E-state index contributed by atoms with van der Waals surface area (Å²) >= 11 is 0. The van der Waals surface area contributed by atoms with Gasteiger partial charge in [0.15, 0.2) is 23.6 Å². The third-order valence-electron chi connectivity index (χ3n) is 7.89. The molecule has 35 heavy (non-hydrogen) atoms. The highest BCUT2D eigenvalue weighted by molar-refractivity contribution is 5.94. The molecule has 2 bridgehead atoms. The number of aromatic nitrogens is 2. The van der Waals surface area contributed by atoms with E-state index >= 15 is 0 Å². The predicted molar refractivity (Wildman–Crippen MR) is 133 cm³/mol. The molecular formula is C27H30N4O4. The number of anilines is 1. The van der Waals surface area contributed by atoms with Crippen molar-refractivity contribution in [1.82, 2.24) is 14.9 Å². The van der Waals surface area contributed by atoms with Gasteiger partial charge in [0.1, 0.15) is 0 Å². The van der Waals surface area contributed by atoms with Gasteiger partial charge in [-0.3, -0.25) is 9.59 Å². The number of aryl methyl sites for hydroxylation is 2. The summed E-state index contributed by atoms with van der Waals surface area (Å²) in [5.41, 5.74) is 2.94. The molecule has 1 saturated carbocycles. The number of fused-ring (bicyclic) bond motifs is 5. The van der Waals surface area contributed by atoms with Crippen molar-refractivity contribution in [3.63, 3.8) is 0 Å². The molecule has 1 aromatic carbocycles. The second-order valence-electron chi connectivity index (χ2n) is 10.2. The largest absolute Gasteiger partial charge is 0.480 e. The molecule has 3 aliphatic heterocycles. The van der Waals surface area contributed by atoms with Crippen molar-refractivity contribution in [2.24, 2.45) is 0 Å². The maximum atomic E-state index is 12.3. The zero-order chi connectivity index (χ0) is 24.0. The minimum absolute atomic E-state index is 0.0345. The number of carbonyl (C=O) groups is 1. The molecule has 5 heterocycles. The van der Waals surface area contributed by atoms with Crippen LogP contribution in [0.5, 0.6) is 5.75 Å². The van der Waals surface area contributed by atoms with E-state index in [9.17, 15) is 9.59 Å². The number of rotatable bonds is 6. The second-order valence-corrected chi connectivity index (χ2v) is 10.2. The Labute approximate surface area is 203 Å². The predicted octanol–water partition coefficient (Wildman–Crippen LogP) is 3.30. The van der Waals surface area contributed by atoms with Crippen molar-refractivity contribution >= 4 is 22.6 Å². The summed E-state index contributed by atoms with van der Waals surface area (Å²) in [5, 5.41) is 7.25. The van der Waals surface area contributed by atoms with E-state index in [2.05, 4.69) is 33.2 Å². The second kappa shape index (κ2) is 8.46. The highest BCUT2D eigenvalue weighted by Gasteiger charge is 2.49. The molecule has 1 aliphatic carbocycles. The van der Waals surface area contributed by atoms with E-state index in [1.54, 1.807) is 6.07 Å². The lowest BCUT2D eigenvalue weighted by molar-refractivity contribution is -0.167. The summed E-state index contributed by atoms with van der Waals surface area (Å²) in [6.07, 6.45) is 6.99. The number of benzene rings is 1. The van der Waals surface area contributed by atoms with Crippen LogP contribution in [0.3, 0.4) is 0 Å². The molecule has 2 N–H and O–H groups in total. The molecular weight excluding hydrogens is 444 g/mol. The molecule has 182 valence electrons. The summed E-state index contributed by atoms with van der Waals surface area (Å²) in [7, 11) is 0. The Morgan fingerprint density at radius 1 is 1.11 bits per heavy atom. The lowest BCUT2D eigenvalue weighted by atomic mass is 9.70. The zero-order valence-electron chi connectivity index (χ0n) is 19.9. The molecule has 7 rings (SSSR count). The maximum absolute atomic E-state index is 12.3. The van der Waals surface area contributed by atoms with Gasteiger partial charge in [0.25, 0.3) is 5.91 Å². The number of hydrogen-bond donors (Lipinski definition) is 2. The number of pyridine rings is 2. The average Bonchev–Trinajstić information content (AvgIpc) is 2.88. The molecule has 2 saturated heterocycles. The van der Waals surface area contributed by atoms with Crippen molar-refractivity contribution in [2.45, 2.75) is 63.3 Å². The number of hydrogen-bond acceptors (Lipinski definition) is 6. The lowest BCUT2D eigenvalue weighted by Gasteiger charge is -2.53. The van der Waals surface area contributed by atoms with Crippen LogP contribution in [-0.2, 0) is 22.6 Å². The van der Waals surface area contributed by atoms with Crippen molar-refractivity contribution in [3.05, 3.63) is 64.1 Å². The Kier molecular flexibility index (Phi) is 5.38. The molecule has 0 atom stereocenters. The van der Waals surface area contributed by atoms with Gasteiger partial charge in [0.05, 0.1) is 23.4 Å². The van der Waals surface area contributed by atoms with Gasteiger partial charge < -0.3 is 24.7 Å². The first-order chi connectivity index (χ1) is 16.9. The van der Waals surface area contributed by atoms with E-state index in [-0.39, 0.29) is 29.1 Å². The lowest BCUT2D eigenvalue weighted by Crippen LogP contribution is -2.61. The SMILES string of the molecule is Cc1ccc2c(=O)ccn(CCC34CCC(NCc5ccc6c(n5)NC(=O)CO6)(CC3)CO4)c2c1. The van der Waals surface area contributed by atoms with Crippen LogP contribution in [0.4, 0.5) is 5.82 Å². The smallest absolute Gasteiger partial charge is 0.263 e. The third-order valence-corrected chi connectivity index (χ3v) is 7.89. The Hall–Kier alpha value is -3.23. The molecule has 0 unspecified atom stereocenters. The van der Waals surface area contributed by atoms with Crippen molar-refractivity contribution in [3.8, 4) is 5.75 Å². The summed E-state index contributed by atoms with van der Waals surface area (Å²) in [6.45, 7) is 4.21. The standard InChI is InChI=1S/C27H30N4O4/c1-18-2-4-20-21(14-18)31(12-6-22(20)32)13-11-27-9-7-26(8-10-27,17-35-27)28-15-19-3-5-23-25(29-19)30-24(33)16-34-23/h2-6,12,14,28H,7-11,13,15-17H2,1H3,(H,29,30,33). The van der Waals surface area contributed by atoms with Crippen LogP contribution in [0.2, 0.25) is 0 Å². The quantitative estimate of drug-likeness (QED) is 0.569. The monoisotopic (exact) mass is 474 g/mol. The van der Waals surface area contributed by atoms with Gasteiger partial charge in [-0.15, -0.1) is 0 Å². The number of amides is 1. The van der Waals surface area contributed by atoms with E-state index in [1.165, 1.54) is 0 Å². The van der Waals surface area contributed by atoms with Crippen molar-refractivity contribution in [2.75, 3.05) is 18.5 Å². The molecule has 1 amide bonds. The zero-order valence-corrected chi connectivity index (χ0v) is 19.9. The molecule has 8 heteroatoms. The molecule has 0 spiro atoms. The minimum atomic E-state index is -0.178. The van der Waals surface area contributed by atoms with Crippen LogP contribution in [0, 0.1) is 6.92 Å². The topological polar surface area (TPSA) is 94.5 Å². The fourth-order valence-electron chi connectivity index (χ4n) is 5.63. The molecule has 3 aromatic rings. The van der Waals surface area contributed by atoms with Crippen LogP contribution >= 0.6 is 0 Å². The van der Waals surface area contributed by atoms with Crippen LogP contribution < -0.4 is 20.8 Å². The highest BCUT2D eigenvalue weighted by Crippen LogP contribution is 2.45. The first-order valence-corrected chi connectivity index (χ1v) is 12.3. The number of ether oxygens (including phenoxy) is 2. The van der Waals surface area contributed by atoms with Gasteiger partial charge in [-0.1, -0.05) is 6.07 Å². The van der Waals surface area contributed by atoms with Crippen molar-refractivity contribution in [1.29, 1.82) is 0 Å². The molecule has 0 radical (unpaired) electrons. The van der Waals surface area contributed by atoms with Crippen LogP contribution in [-0.4, -0.2) is 39.8 Å². The fraction of sp³-hybridized carbons (Fsp3) is 0.444. The Balaban J connectivity index is 1.09. The van der Waals surface area contributed by atoms with Crippen LogP contribution in [0.1, 0.15) is 43.4 Å². The first kappa shape index (κ1) is 22.2. The number of nitrogens with zero attached hydrogens (tertiary/aromatic N) is 2. The van der Waals surface area contributed by atoms with Crippen molar-refractivity contribution < 1.29 is 14.3 Å². The van der Waals surface area contributed by atoms with Gasteiger partial charge in [0, 0.05) is 36.3 Å². The Bertz CT molecular complexity index is 1340. The number of nitrogens with one attached hydrogen (secondary N) is 2. The van der Waals surface area contributed by atoms with E-state index < -0.39 is 0 Å². The fourth-order valence-corrected chi connectivity index (χ4v) is 5.63. The maximum Gasteiger partial charge on any atom is 0.263 e. The van der Waals surface area contributed by atoms with E-state index in [4.69, 9.17) is 9.47 Å². The molecule has 3 fully saturated rings. The minimum Gasteiger partial charge on any atom is -0.480 e. The van der Waals surface area contributed by atoms with E-state index in [0.29, 0.717) is 24.7 Å². The van der Waals surface area contributed by atoms with Gasteiger partial charge >= 0.3 is 0 Å². The summed E-state index contributed by atoms with van der Waals surface area (Å²) in [6, 6.07) is 11.5. The molecule has 2 aromatic heterocycles. The van der Waals surface area contributed by atoms with E-state index in [1.807, 2.05) is 30.5 Å². The summed E-state index contributed by atoms with van der Waals surface area (Å²) < 4.78 is 14.1. The van der Waals surface area contributed by atoms with Gasteiger partial charge in [0.2, 0.25) is 0 Å². The van der Waals surface area contributed by atoms with E-state index in [0.717, 1.165) is 60.8 Å². The average molecular weight is 475 g/mol. The third kappa shape index (κ3) is 4.21. The van der Waals surface area contributed by atoms with Crippen LogP contribution in [0.15, 0.2) is 47.4 Å². The first-order valence-electron chi connectivity index (χ1n) is 12.3. The highest BCUT2D eigenvalue weighted by atomic mass is 16.5.